The molecule has 0 heterocycles. The normalized spacial score (nSPS) is 10.5. The molecule has 6 nitrogen and oxygen atoms in total. The Labute approximate surface area is 196 Å². The van der Waals surface area contributed by atoms with Crippen molar-refractivity contribution in [3.05, 3.63) is 0 Å². The first-order valence-electron chi connectivity index (χ1n) is 8.72. The van der Waals surface area contributed by atoms with Gasteiger partial charge in [-0.2, -0.15) is 0 Å². The van der Waals surface area contributed by atoms with Crippen molar-refractivity contribution in [3.8, 4) is 0 Å². The maximum Gasteiger partial charge on any atom is 1.00 e. The van der Waals surface area contributed by atoms with E-state index in [0.29, 0.717) is 6.61 Å². The first kappa shape index (κ1) is 33.4. The van der Waals surface area contributed by atoms with Crippen molar-refractivity contribution in [2.45, 2.75) is 90.0 Å². The maximum absolute atomic E-state index is 9.86. The molecule has 0 aromatic heterocycles. The van der Waals surface area contributed by atoms with Crippen LogP contribution in [-0.4, -0.2) is 29.7 Å². The average Bonchev–Trinajstić information content (AvgIpc) is 2.51. The van der Waals surface area contributed by atoms with Gasteiger partial charge in [-0.05, 0) is 19.3 Å². The van der Waals surface area contributed by atoms with E-state index in [1.165, 1.54) is 57.8 Å². The van der Waals surface area contributed by atoms with E-state index < -0.39 is 18.0 Å². The van der Waals surface area contributed by atoms with Gasteiger partial charge in [-0.15, -0.1) is 0 Å². The summed E-state index contributed by atoms with van der Waals surface area (Å²) in [6.07, 6.45) is 12.8. The van der Waals surface area contributed by atoms with Gasteiger partial charge in [-0.25, -0.2) is 0 Å². The van der Waals surface area contributed by atoms with Crippen molar-refractivity contribution < 1.29 is 84.0 Å². The van der Waals surface area contributed by atoms with Gasteiger partial charge in [0.1, 0.15) is 0 Å². The van der Waals surface area contributed by atoms with Crippen LogP contribution in [0.25, 0.3) is 0 Å². The van der Waals surface area contributed by atoms with E-state index in [1.807, 2.05) is 0 Å². The quantitative estimate of drug-likeness (QED) is 0.230. The third kappa shape index (κ3) is 32.9. The molecule has 0 aliphatic carbocycles. The Morgan fingerprint density at radius 2 is 1.28 bits per heavy atom. The molecule has 0 aromatic rings. The minimum atomic E-state index is -1.44. The fraction of sp³-hybridized carbons (Fsp3) is 0.882. The molecule has 0 spiro atoms. The zero-order valence-corrected chi connectivity index (χ0v) is 20.4. The number of rotatable bonds is 14. The number of aliphatic hydroxyl groups is 1. The summed E-state index contributed by atoms with van der Waals surface area (Å²) in [6, 6.07) is -1.21. The summed E-state index contributed by atoms with van der Waals surface area (Å²) in [4.78, 5) is 19.6. The minimum absolute atomic E-state index is 0. The van der Waals surface area contributed by atoms with E-state index in [0.717, 1.165) is 6.42 Å². The summed E-state index contributed by atoms with van der Waals surface area (Å²) in [5.74, 6) is -2.75. The van der Waals surface area contributed by atoms with Crippen LogP contribution >= 0.6 is 0 Å². The Balaban J connectivity index is -0.000000168. The number of aliphatic carboxylic acids is 2. The average molecular weight is 377 g/mol. The summed E-state index contributed by atoms with van der Waals surface area (Å²) in [5, 5.41) is 28.2. The van der Waals surface area contributed by atoms with Gasteiger partial charge in [0.2, 0.25) is 0 Å². The molecule has 8 heteroatoms. The third-order valence-electron chi connectivity index (χ3n) is 3.47. The van der Waals surface area contributed by atoms with Crippen molar-refractivity contribution in [2.75, 3.05) is 6.61 Å². The van der Waals surface area contributed by atoms with E-state index in [4.69, 9.17) is 10.8 Å². The van der Waals surface area contributed by atoms with Gasteiger partial charge in [0.25, 0.3) is 0 Å². The van der Waals surface area contributed by atoms with Gasteiger partial charge >= 0.3 is 59.1 Å². The van der Waals surface area contributed by atoms with Gasteiger partial charge < -0.3 is 30.6 Å². The molecular formula is C17H33NNa2O5. The summed E-state index contributed by atoms with van der Waals surface area (Å²) in [5.41, 5.74) is 4.91. The topological polar surface area (TPSA) is 127 Å². The second-order valence-corrected chi connectivity index (χ2v) is 5.74. The van der Waals surface area contributed by atoms with Crippen molar-refractivity contribution in [3.63, 3.8) is 0 Å². The SMILES string of the molecule is CCCCCCCCCCCCO.NC(CCC(=O)[O-])C(=O)[O-].[Na+].[Na+]. The molecule has 138 valence electrons. The van der Waals surface area contributed by atoms with Crippen LogP contribution in [0.1, 0.15) is 84.0 Å². The first-order chi connectivity index (χ1) is 11.0. The van der Waals surface area contributed by atoms with Crippen LogP contribution in [0.3, 0.4) is 0 Å². The van der Waals surface area contributed by atoms with Gasteiger partial charge in [0.15, 0.2) is 0 Å². The molecule has 0 saturated heterocycles. The fourth-order valence-corrected chi connectivity index (χ4v) is 1.99. The first-order valence-corrected chi connectivity index (χ1v) is 8.72. The maximum atomic E-state index is 9.86. The number of carbonyl (C=O) groups is 2. The van der Waals surface area contributed by atoms with Crippen LogP contribution in [0.15, 0.2) is 0 Å². The molecule has 0 bridgehead atoms. The Hall–Kier alpha value is 0.860. The van der Waals surface area contributed by atoms with E-state index in [1.54, 1.807) is 0 Å². The number of carboxylic acids is 2. The smallest absolute Gasteiger partial charge is 0.550 e. The van der Waals surface area contributed by atoms with Crippen LogP contribution in [-0.2, 0) is 9.59 Å². The number of hydrogen-bond acceptors (Lipinski definition) is 6. The van der Waals surface area contributed by atoms with Crippen LogP contribution in [0.2, 0.25) is 0 Å². The Morgan fingerprint density at radius 3 is 1.60 bits per heavy atom. The molecule has 3 N–H and O–H groups in total. The van der Waals surface area contributed by atoms with Gasteiger partial charge in [-0.1, -0.05) is 64.7 Å². The van der Waals surface area contributed by atoms with Gasteiger partial charge in [0, 0.05) is 18.6 Å². The molecule has 0 aliphatic rings. The number of aliphatic hydroxyl groups excluding tert-OH is 1. The molecule has 0 aliphatic heterocycles. The second-order valence-electron chi connectivity index (χ2n) is 5.74. The summed E-state index contributed by atoms with van der Waals surface area (Å²) in [6.45, 7) is 2.63. The van der Waals surface area contributed by atoms with E-state index in [9.17, 15) is 19.8 Å². The van der Waals surface area contributed by atoms with Gasteiger partial charge in [-0.3, -0.25) is 0 Å². The molecule has 0 aromatic carbocycles. The molecule has 1 unspecified atom stereocenters. The predicted molar refractivity (Wildman–Crippen MR) is 86.2 cm³/mol. The summed E-state index contributed by atoms with van der Waals surface area (Å²) in [7, 11) is 0. The zero-order chi connectivity index (χ0) is 17.9. The standard InChI is InChI=1S/C12H26O.C5H9NO4.2Na/c1-2-3-4-5-6-7-8-9-10-11-12-13;6-3(5(9)10)1-2-4(7)8;;/h13H,2-12H2,1H3;3H,1-2,6H2,(H,7,8)(H,9,10);;/q;;2*+1/p-2. The van der Waals surface area contributed by atoms with Crippen LogP contribution in [0, 0.1) is 0 Å². The Bertz CT molecular complexity index is 284. The summed E-state index contributed by atoms with van der Waals surface area (Å²) >= 11 is 0. The molecule has 0 rings (SSSR count). The Kier molecular flexibility index (Phi) is 36.2. The third-order valence-corrected chi connectivity index (χ3v) is 3.47. The number of carboxylic acid groups (broad SMARTS) is 2. The second kappa shape index (κ2) is 27.1. The summed E-state index contributed by atoms with van der Waals surface area (Å²) < 4.78 is 0. The van der Waals surface area contributed by atoms with E-state index >= 15 is 0 Å². The molecule has 0 saturated carbocycles. The number of hydrogen-bond donors (Lipinski definition) is 2. The van der Waals surface area contributed by atoms with Crippen molar-refractivity contribution in [1.82, 2.24) is 0 Å². The van der Waals surface area contributed by atoms with E-state index in [2.05, 4.69) is 6.92 Å². The van der Waals surface area contributed by atoms with Crippen LogP contribution in [0.5, 0.6) is 0 Å². The van der Waals surface area contributed by atoms with Crippen molar-refractivity contribution >= 4 is 11.9 Å². The molecule has 1 atom stereocenters. The molecular weight excluding hydrogens is 344 g/mol. The molecule has 25 heavy (non-hydrogen) atoms. The van der Waals surface area contributed by atoms with E-state index in [-0.39, 0.29) is 72.0 Å². The molecule has 0 fully saturated rings. The monoisotopic (exact) mass is 377 g/mol. The van der Waals surface area contributed by atoms with Gasteiger partial charge in [0.05, 0.1) is 5.97 Å². The van der Waals surface area contributed by atoms with Crippen LogP contribution < -0.4 is 75.1 Å². The fourth-order valence-electron chi connectivity index (χ4n) is 1.99. The largest absolute Gasteiger partial charge is 1.00 e. The van der Waals surface area contributed by atoms with Crippen molar-refractivity contribution in [2.24, 2.45) is 5.73 Å². The number of carbonyl (C=O) groups excluding carboxylic acids is 2. The van der Waals surface area contributed by atoms with Crippen LogP contribution in [0.4, 0.5) is 0 Å². The minimum Gasteiger partial charge on any atom is -0.550 e. The Morgan fingerprint density at radius 1 is 0.880 bits per heavy atom. The zero-order valence-electron chi connectivity index (χ0n) is 16.4. The number of nitrogens with two attached hydrogens (primary N) is 1. The predicted octanol–water partition coefficient (Wildman–Crippen LogP) is -5.50. The van der Waals surface area contributed by atoms with Crippen molar-refractivity contribution in [1.29, 1.82) is 0 Å². The number of unbranched alkanes of at least 4 members (excludes halogenated alkanes) is 9. The molecule has 0 amide bonds. The molecule has 0 radical (unpaired) electrons.